The summed E-state index contributed by atoms with van der Waals surface area (Å²) in [5.41, 5.74) is 4.89. The molecule has 0 spiro atoms. The maximum atomic E-state index is 12.6. The predicted octanol–water partition coefficient (Wildman–Crippen LogP) is 2.48. The van der Waals surface area contributed by atoms with E-state index in [1.807, 2.05) is 13.8 Å². The van der Waals surface area contributed by atoms with E-state index in [0.717, 1.165) is 19.3 Å². The maximum Gasteiger partial charge on any atom is 0.234 e. The van der Waals surface area contributed by atoms with Crippen LogP contribution >= 0.6 is 0 Å². The zero-order valence-electron chi connectivity index (χ0n) is 13.1. The van der Waals surface area contributed by atoms with Gasteiger partial charge in [-0.3, -0.25) is 4.79 Å². The molecule has 5 heteroatoms. The SMILES string of the molecule is CCC1CCC(NC(=O)C(CC)(CC)C(N)=NO)C1C. The quantitative estimate of drug-likeness (QED) is 0.303. The van der Waals surface area contributed by atoms with Crippen LogP contribution in [0, 0.1) is 17.3 Å². The van der Waals surface area contributed by atoms with Crippen LogP contribution in [0.15, 0.2) is 5.16 Å². The number of carbonyl (C=O) groups excluding carboxylic acids is 1. The van der Waals surface area contributed by atoms with E-state index < -0.39 is 5.41 Å². The van der Waals surface area contributed by atoms with Gasteiger partial charge in [-0.25, -0.2) is 0 Å². The molecule has 0 bridgehead atoms. The second-order valence-electron chi connectivity index (χ2n) is 5.96. The monoisotopic (exact) mass is 283 g/mol. The molecule has 0 saturated heterocycles. The molecule has 3 unspecified atom stereocenters. The van der Waals surface area contributed by atoms with Crippen LogP contribution in [0.4, 0.5) is 0 Å². The number of amides is 1. The number of hydrogen-bond donors (Lipinski definition) is 3. The highest BCUT2D eigenvalue weighted by molar-refractivity contribution is 6.06. The highest BCUT2D eigenvalue weighted by Crippen LogP contribution is 2.35. The van der Waals surface area contributed by atoms with Crippen LogP contribution in [0.25, 0.3) is 0 Å². The summed E-state index contributed by atoms with van der Waals surface area (Å²) in [4.78, 5) is 12.6. The second kappa shape index (κ2) is 6.95. The van der Waals surface area contributed by atoms with Crippen LogP contribution in [0.3, 0.4) is 0 Å². The van der Waals surface area contributed by atoms with Gasteiger partial charge in [0.25, 0.3) is 0 Å². The van der Waals surface area contributed by atoms with Gasteiger partial charge in [-0.15, -0.1) is 0 Å². The van der Waals surface area contributed by atoms with Crippen LogP contribution in [0.2, 0.25) is 0 Å². The van der Waals surface area contributed by atoms with Crippen molar-refractivity contribution in [3.05, 3.63) is 0 Å². The van der Waals surface area contributed by atoms with Gasteiger partial charge in [-0.05, 0) is 37.5 Å². The first-order valence-corrected chi connectivity index (χ1v) is 7.75. The molecule has 1 saturated carbocycles. The smallest absolute Gasteiger partial charge is 0.234 e. The van der Waals surface area contributed by atoms with Gasteiger partial charge in [0.2, 0.25) is 5.91 Å². The number of rotatable bonds is 6. The molecule has 5 nitrogen and oxygen atoms in total. The van der Waals surface area contributed by atoms with Crippen molar-refractivity contribution >= 4 is 11.7 Å². The van der Waals surface area contributed by atoms with Crippen molar-refractivity contribution in [2.75, 3.05) is 0 Å². The van der Waals surface area contributed by atoms with Crippen molar-refractivity contribution in [3.63, 3.8) is 0 Å². The first-order chi connectivity index (χ1) is 9.46. The lowest BCUT2D eigenvalue weighted by atomic mass is 9.79. The summed E-state index contributed by atoms with van der Waals surface area (Å²) in [5.74, 6) is 1.08. The number of amidine groups is 1. The Morgan fingerprint density at radius 1 is 1.35 bits per heavy atom. The maximum absolute atomic E-state index is 12.6. The van der Waals surface area contributed by atoms with Crippen molar-refractivity contribution in [3.8, 4) is 0 Å². The fourth-order valence-corrected chi connectivity index (χ4v) is 3.48. The van der Waals surface area contributed by atoms with E-state index in [2.05, 4.69) is 24.3 Å². The second-order valence-corrected chi connectivity index (χ2v) is 5.96. The molecular weight excluding hydrogens is 254 g/mol. The van der Waals surface area contributed by atoms with Gasteiger partial charge in [0.15, 0.2) is 5.84 Å². The van der Waals surface area contributed by atoms with E-state index in [4.69, 9.17) is 10.9 Å². The summed E-state index contributed by atoms with van der Waals surface area (Å²) in [7, 11) is 0. The molecule has 4 N–H and O–H groups in total. The van der Waals surface area contributed by atoms with E-state index in [-0.39, 0.29) is 17.8 Å². The Hall–Kier alpha value is -1.26. The third-order valence-corrected chi connectivity index (χ3v) is 5.31. The average molecular weight is 283 g/mol. The molecule has 1 amide bonds. The van der Waals surface area contributed by atoms with E-state index >= 15 is 0 Å². The largest absolute Gasteiger partial charge is 0.409 e. The lowest BCUT2D eigenvalue weighted by molar-refractivity contribution is -0.129. The number of oxime groups is 1. The first-order valence-electron chi connectivity index (χ1n) is 7.75. The average Bonchev–Trinajstić information content (AvgIpc) is 2.81. The number of nitrogens with zero attached hydrogens (tertiary/aromatic N) is 1. The molecule has 0 aromatic heterocycles. The van der Waals surface area contributed by atoms with Crippen molar-refractivity contribution in [1.82, 2.24) is 5.32 Å². The summed E-state index contributed by atoms with van der Waals surface area (Å²) < 4.78 is 0. The van der Waals surface area contributed by atoms with Gasteiger partial charge in [0.05, 0.1) is 0 Å². The van der Waals surface area contributed by atoms with Crippen molar-refractivity contribution < 1.29 is 10.0 Å². The summed E-state index contributed by atoms with van der Waals surface area (Å²) >= 11 is 0. The lowest BCUT2D eigenvalue weighted by Gasteiger charge is -2.31. The minimum absolute atomic E-state index is 0.0118. The standard InChI is InChI=1S/C15H29N3O2/c1-5-11-8-9-12(10(11)4)17-14(19)15(6-2,7-3)13(16)18-20/h10-12,20H,5-9H2,1-4H3,(H2,16,18)(H,17,19). The molecule has 3 atom stereocenters. The number of nitrogens with two attached hydrogens (primary N) is 1. The fourth-order valence-electron chi connectivity index (χ4n) is 3.48. The van der Waals surface area contributed by atoms with Gasteiger partial charge >= 0.3 is 0 Å². The minimum Gasteiger partial charge on any atom is -0.409 e. The minimum atomic E-state index is -0.890. The zero-order chi connectivity index (χ0) is 15.3. The van der Waals surface area contributed by atoms with Crippen LogP contribution in [0.1, 0.15) is 59.8 Å². The van der Waals surface area contributed by atoms with E-state index in [1.54, 1.807) is 0 Å². The Balaban J connectivity index is 2.83. The highest BCUT2D eigenvalue weighted by atomic mass is 16.4. The Labute approximate surface area is 122 Å². The van der Waals surface area contributed by atoms with Crippen LogP contribution < -0.4 is 11.1 Å². The molecular formula is C15H29N3O2. The molecule has 0 radical (unpaired) electrons. The number of hydrogen-bond acceptors (Lipinski definition) is 3. The summed E-state index contributed by atoms with van der Waals surface area (Å²) in [5, 5.41) is 15.2. The Bertz CT molecular complexity index is 364. The van der Waals surface area contributed by atoms with Gasteiger partial charge in [0.1, 0.15) is 5.41 Å². The molecule has 1 aliphatic rings. The predicted molar refractivity (Wildman–Crippen MR) is 80.5 cm³/mol. The van der Waals surface area contributed by atoms with Crippen molar-refractivity contribution in [1.29, 1.82) is 0 Å². The van der Waals surface area contributed by atoms with E-state index in [1.165, 1.54) is 0 Å². The highest BCUT2D eigenvalue weighted by Gasteiger charge is 2.42. The van der Waals surface area contributed by atoms with E-state index in [0.29, 0.717) is 24.7 Å². The molecule has 0 aromatic rings. The number of carbonyl (C=O) groups is 1. The molecule has 1 fully saturated rings. The van der Waals surface area contributed by atoms with E-state index in [9.17, 15) is 4.79 Å². The first kappa shape index (κ1) is 16.8. The Kier molecular flexibility index (Phi) is 5.84. The third kappa shape index (κ3) is 2.91. The zero-order valence-corrected chi connectivity index (χ0v) is 13.1. The topological polar surface area (TPSA) is 87.7 Å². The van der Waals surface area contributed by atoms with Gasteiger partial charge in [0, 0.05) is 6.04 Å². The summed E-state index contributed by atoms with van der Waals surface area (Å²) in [6.45, 7) is 8.20. The molecule has 0 heterocycles. The van der Waals surface area contributed by atoms with Gasteiger partial charge in [-0.2, -0.15) is 0 Å². The third-order valence-electron chi connectivity index (χ3n) is 5.31. The van der Waals surface area contributed by atoms with Crippen LogP contribution in [-0.2, 0) is 4.79 Å². The Morgan fingerprint density at radius 3 is 2.35 bits per heavy atom. The molecule has 1 aliphatic carbocycles. The Morgan fingerprint density at radius 2 is 1.95 bits per heavy atom. The van der Waals surface area contributed by atoms with Crippen molar-refractivity contribution in [2.24, 2.45) is 28.1 Å². The van der Waals surface area contributed by atoms with Crippen molar-refractivity contribution in [2.45, 2.75) is 65.8 Å². The molecule has 116 valence electrons. The molecule has 0 aromatic carbocycles. The molecule has 20 heavy (non-hydrogen) atoms. The van der Waals surface area contributed by atoms with Gasteiger partial charge < -0.3 is 16.3 Å². The normalized spacial score (nSPS) is 27.6. The van der Waals surface area contributed by atoms with Crippen LogP contribution in [0.5, 0.6) is 0 Å². The van der Waals surface area contributed by atoms with Crippen LogP contribution in [-0.4, -0.2) is 23.0 Å². The molecule has 0 aliphatic heterocycles. The number of nitrogens with one attached hydrogen (secondary N) is 1. The summed E-state index contributed by atoms with van der Waals surface area (Å²) in [6, 6.07) is 0.205. The van der Waals surface area contributed by atoms with Gasteiger partial charge in [-0.1, -0.05) is 39.3 Å². The summed E-state index contributed by atoms with van der Waals surface area (Å²) in [6.07, 6.45) is 4.40. The lowest BCUT2D eigenvalue weighted by Crippen LogP contribution is -2.52. The molecule has 1 rings (SSSR count). The fraction of sp³-hybridized carbons (Fsp3) is 0.867.